The first-order chi connectivity index (χ1) is 11.6. The maximum absolute atomic E-state index is 12.6. The largest absolute Gasteiger partial charge is 0.481 e. The zero-order valence-electron chi connectivity index (χ0n) is 13.0. The van der Waals surface area contributed by atoms with Gasteiger partial charge in [0.25, 0.3) is 5.91 Å². The predicted octanol–water partition coefficient (Wildman–Crippen LogP) is 1.02. The summed E-state index contributed by atoms with van der Waals surface area (Å²) in [7, 11) is 0. The van der Waals surface area contributed by atoms with Gasteiger partial charge in [-0.05, 0) is 31.0 Å². The van der Waals surface area contributed by atoms with Crippen LogP contribution in [0.2, 0.25) is 0 Å². The number of carbonyl (C=O) groups is 2. The van der Waals surface area contributed by atoms with Crippen molar-refractivity contribution in [3.8, 4) is 5.82 Å². The van der Waals surface area contributed by atoms with Gasteiger partial charge in [0.05, 0.1) is 12.0 Å². The lowest BCUT2D eigenvalue weighted by Crippen LogP contribution is -2.53. The third-order valence-corrected chi connectivity index (χ3v) is 4.02. The van der Waals surface area contributed by atoms with E-state index in [-0.39, 0.29) is 12.1 Å². The number of carboxylic acids is 1. The highest BCUT2D eigenvalue weighted by Gasteiger charge is 2.36. The molecule has 126 valence electrons. The lowest BCUT2D eigenvalue weighted by molar-refractivity contribution is -0.139. The normalized spacial score (nSPS) is 16.5. The summed E-state index contributed by atoms with van der Waals surface area (Å²) >= 11 is 0. The van der Waals surface area contributed by atoms with Crippen LogP contribution in [0.25, 0.3) is 5.82 Å². The zero-order chi connectivity index (χ0) is 17.0. The van der Waals surface area contributed by atoms with Gasteiger partial charge in [-0.2, -0.15) is 5.10 Å². The molecule has 0 unspecified atom stereocenters. The van der Waals surface area contributed by atoms with E-state index in [0.717, 1.165) is 0 Å². The molecule has 24 heavy (non-hydrogen) atoms. The molecule has 8 heteroatoms. The molecule has 0 aliphatic carbocycles. The maximum Gasteiger partial charge on any atom is 0.305 e. The summed E-state index contributed by atoms with van der Waals surface area (Å²) in [5.74, 6) is -0.825. The standard InChI is InChI=1S/C16H18N4O4/c21-14(22)11-16(5-9-24-10-6-16)19-15(23)12-3-1-4-13(18-12)20-8-2-7-17-20/h1-4,7-8H,5-6,9-11H2,(H,19,23)(H,21,22). The Balaban J connectivity index is 1.80. The van der Waals surface area contributed by atoms with Crippen LogP contribution >= 0.6 is 0 Å². The number of hydrogen-bond acceptors (Lipinski definition) is 5. The van der Waals surface area contributed by atoms with E-state index in [2.05, 4.69) is 15.4 Å². The van der Waals surface area contributed by atoms with Gasteiger partial charge in [0.1, 0.15) is 5.69 Å². The second kappa shape index (κ2) is 6.79. The van der Waals surface area contributed by atoms with E-state index in [1.807, 2.05) is 0 Å². The molecule has 2 N–H and O–H groups in total. The number of rotatable bonds is 5. The molecule has 8 nitrogen and oxygen atoms in total. The van der Waals surface area contributed by atoms with E-state index >= 15 is 0 Å². The third-order valence-electron chi connectivity index (χ3n) is 4.02. The molecule has 0 bridgehead atoms. The number of amides is 1. The predicted molar refractivity (Wildman–Crippen MR) is 83.9 cm³/mol. The molecule has 3 heterocycles. The van der Waals surface area contributed by atoms with Crippen molar-refractivity contribution in [2.75, 3.05) is 13.2 Å². The lowest BCUT2D eigenvalue weighted by atomic mass is 9.86. The average Bonchev–Trinajstić information content (AvgIpc) is 3.09. The van der Waals surface area contributed by atoms with Crippen LogP contribution in [0, 0.1) is 0 Å². The zero-order valence-corrected chi connectivity index (χ0v) is 13.0. The van der Waals surface area contributed by atoms with Crippen LogP contribution in [0.4, 0.5) is 0 Å². The fourth-order valence-electron chi connectivity index (χ4n) is 2.78. The highest BCUT2D eigenvalue weighted by molar-refractivity contribution is 5.93. The molecule has 1 aliphatic rings. The molecule has 1 saturated heterocycles. The number of ether oxygens (including phenoxy) is 1. The van der Waals surface area contributed by atoms with Crippen LogP contribution in [0.1, 0.15) is 29.8 Å². The Bertz CT molecular complexity index is 723. The van der Waals surface area contributed by atoms with Gasteiger partial charge >= 0.3 is 5.97 Å². The highest BCUT2D eigenvalue weighted by atomic mass is 16.5. The monoisotopic (exact) mass is 330 g/mol. The molecule has 0 aromatic carbocycles. The SMILES string of the molecule is O=C(O)CC1(NC(=O)c2cccc(-n3cccn3)n2)CCOCC1. The number of carbonyl (C=O) groups excluding carboxylic acids is 1. The van der Waals surface area contributed by atoms with Crippen molar-refractivity contribution in [3.05, 3.63) is 42.4 Å². The van der Waals surface area contributed by atoms with E-state index in [0.29, 0.717) is 31.9 Å². The van der Waals surface area contributed by atoms with Gasteiger partial charge in [0, 0.05) is 25.6 Å². The molecule has 2 aromatic rings. The Kier molecular flexibility index (Phi) is 4.57. The molecule has 0 spiro atoms. The highest BCUT2D eigenvalue weighted by Crippen LogP contribution is 2.25. The molecule has 3 rings (SSSR count). The topological polar surface area (TPSA) is 106 Å². The van der Waals surface area contributed by atoms with Crippen molar-refractivity contribution < 1.29 is 19.4 Å². The summed E-state index contributed by atoms with van der Waals surface area (Å²) in [6, 6.07) is 6.81. The van der Waals surface area contributed by atoms with Crippen molar-refractivity contribution in [2.24, 2.45) is 0 Å². The Morgan fingerprint density at radius 1 is 1.29 bits per heavy atom. The van der Waals surface area contributed by atoms with E-state index in [4.69, 9.17) is 9.84 Å². The second-order valence-corrected chi connectivity index (χ2v) is 5.75. The number of aliphatic carboxylic acids is 1. The Labute approximate surface area is 138 Å². The summed E-state index contributed by atoms with van der Waals surface area (Å²) in [4.78, 5) is 28.1. The van der Waals surface area contributed by atoms with Crippen molar-refractivity contribution in [1.29, 1.82) is 0 Å². The first kappa shape index (κ1) is 16.1. The van der Waals surface area contributed by atoms with Crippen molar-refractivity contribution in [2.45, 2.75) is 24.8 Å². The smallest absolute Gasteiger partial charge is 0.305 e. The number of pyridine rings is 1. The van der Waals surface area contributed by atoms with E-state index in [1.165, 1.54) is 0 Å². The van der Waals surface area contributed by atoms with Gasteiger partial charge in [-0.25, -0.2) is 9.67 Å². The molecule has 0 atom stereocenters. The van der Waals surface area contributed by atoms with Crippen LogP contribution in [-0.2, 0) is 9.53 Å². The summed E-state index contributed by atoms with van der Waals surface area (Å²) in [6.07, 6.45) is 4.14. The molecule has 1 amide bonds. The summed E-state index contributed by atoms with van der Waals surface area (Å²) < 4.78 is 6.84. The van der Waals surface area contributed by atoms with Crippen LogP contribution < -0.4 is 5.32 Å². The van der Waals surface area contributed by atoms with Crippen molar-refractivity contribution >= 4 is 11.9 Å². The minimum atomic E-state index is -0.949. The summed E-state index contributed by atoms with van der Waals surface area (Å²) in [5.41, 5.74) is -0.580. The lowest BCUT2D eigenvalue weighted by Gasteiger charge is -2.36. The molecule has 2 aromatic heterocycles. The van der Waals surface area contributed by atoms with Gasteiger partial charge in [-0.15, -0.1) is 0 Å². The van der Waals surface area contributed by atoms with Gasteiger partial charge < -0.3 is 15.2 Å². The molecule has 0 saturated carbocycles. The first-order valence-corrected chi connectivity index (χ1v) is 7.67. The number of carboxylic acid groups (broad SMARTS) is 1. The van der Waals surface area contributed by atoms with Gasteiger partial charge in [-0.1, -0.05) is 6.07 Å². The molecule has 1 aliphatic heterocycles. The number of nitrogens with one attached hydrogen (secondary N) is 1. The minimum absolute atomic E-state index is 0.138. The summed E-state index contributed by atoms with van der Waals surface area (Å²) in [5, 5.41) is 16.1. The second-order valence-electron chi connectivity index (χ2n) is 5.75. The molecule has 1 fully saturated rings. The van der Waals surface area contributed by atoms with Crippen molar-refractivity contribution in [1.82, 2.24) is 20.1 Å². The molecule has 0 radical (unpaired) electrons. The Morgan fingerprint density at radius 3 is 2.75 bits per heavy atom. The van der Waals surface area contributed by atoms with Crippen molar-refractivity contribution in [3.63, 3.8) is 0 Å². The van der Waals surface area contributed by atoms with E-state index < -0.39 is 17.4 Å². The fourth-order valence-corrected chi connectivity index (χ4v) is 2.78. The quantitative estimate of drug-likeness (QED) is 0.848. The summed E-state index contributed by atoms with van der Waals surface area (Å²) in [6.45, 7) is 0.850. The van der Waals surface area contributed by atoms with Crippen LogP contribution in [0.3, 0.4) is 0 Å². The van der Waals surface area contributed by atoms with Gasteiger partial charge in [0.15, 0.2) is 5.82 Å². The van der Waals surface area contributed by atoms with Crippen LogP contribution in [0.5, 0.6) is 0 Å². The Hall–Kier alpha value is -2.74. The van der Waals surface area contributed by atoms with E-state index in [9.17, 15) is 9.59 Å². The van der Waals surface area contributed by atoms with Gasteiger partial charge in [0.2, 0.25) is 0 Å². The number of aromatic nitrogens is 3. The maximum atomic E-state index is 12.6. The number of nitrogens with zero attached hydrogens (tertiary/aromatic N) is 3. The van der Waals surface area contributed by atoms with Crippen LogP contribution in [-0.4, -0.2) is 50.5 Å². The molecular formula is C16H18N4O4. The first-order valence-electron chi connectivity index (χ1n) is 7.67. The molecular weight excluding hydrogens is 312 g/mol. The minimum Gasteiger partial charge on any atom is -0.481 e. The van der Waals surface area contributed by atoms with E-state index in [1.54, 1.807) is 41.3 Å². The average molecular weight is 330 g/mol. The third kappa shape index (κ3) is 3.60. The number of hydrogen-bond donors (Lipinski definition) is 2. The Morgan fingerprint density at radius 2 is 2.08 bits per heavy atom. The fraction of sp³-hybridized carbons (Fsp3) is 0.375. The van der Waals surface area contributed by atoms with Gasteiger partial charge in [-0.3, -0.25) is 9.59 Å². The van der Waals surface area contributed by atoms with Crippen LogP contribution in [0.15, 0.2) is 36.7 Å².